The lowest BCUT2D eigenvalue weighted by molar-refractivity contribution is -0.124. The smallest absolute Gasteiger partial charge is 0.264 e. The molecule has 2 amide bonds. The number of nitrogens with two attached hydrogens (primary N) is 1. The second-order valence-electron chi connectivity index (χ2n) is 3.66. The summed E-state index contributed by atoms with van der Waals surface area (Å²) in [5, 5.41) is 7.16. The minimum Gasteiger partial charge on any atom is -0.397 e. The Hall–Kier alpha value is -1.56. The van der Waals surface area contributed by atoms with Gasteiger partial charge in [-0.15, -0.1) is 11.3 Å². The standard InChI is InChI=1S/C10H13N3O2S/c11-6-3-5-16-8(6)10(15)13-7-2-1-4-12-9(7)14/h3,5,7H,1-2,4,11H2,(H,12,14)(H,13,15). The van der Waals surface area contributed by atoms with E-state index in [0.29, 0.717) is 23.5 Å². The fourth-order valence-corrected chi connectivity index (χ4v) is 2.36. The molecule has 1 atom stereocenters. The third-order valence-electron chi connectivity index (χ3n) is 2.49. The first-order chi connectivity index (χ1) is 7.68. The number of carbonyl (C=O) groups is 2. The van der Waals surface area contributed by atoms with Gasteiger partial charge in [-0.25, -0.2) is 0 Å². The highest BCUT2D eigenvalue weighted by Gasteiger charge is 2.24. The van der Waals surface area contributed by atoms with Crippen LogP contribution in [0.5, 0.6) is 0 Å². The van der Waals surface area contributed by atoms with Crippen LogP contribution in [0.1, 0.15) is 22.5 Å². The molecule has 1 unspecified atom stereocenters. The third-order valence-corrected chi connectivity index (χ3v) is 3.42. The topological polar surface area (TPSA) is 84.2 Å². The Kier molecular flexibility index (Phi) is 3.09. The Morgan fingerprint density at radius 1 is 1.62 bits per heavy atom. The second-order valence-corrected chi connectivity index (χ2v) is 4.58. The van der Waals surface area contributed by atoms with Crippen LogP contribution in [0.15, 0.2) is 11.4 Å². The average molecular weight is 239 g/mol. The Labute approximate surface area is 97.0 Å². The normalized spacial score (nSPS) is 20.2. The maximum absolute atomic E-state index is 11.8. The number of nitrogen functional groups attached to an aromatic ring is 1. The van der Waals surface area contributed by atoms with Crippen LogP contribution in [0.2, 0.25) is 0 Å². The van der Waals surface area contributed by atoms with Crippen LogP contribution >= 0.6 is 11.3 Å². The van der Waals surface area contributed by atoms with Gasteiger partial charge in [0.2, 0.25) is 5.91 Å². The maximum Gasteiger partial charge on any atom is 0.264 e. The summed E-state index contributed by atoms with van der Waals surface area (Å²) in [4.78, 5) is 23.7. The highest BCUT2D eigenvalue weighted by molar-refractivity contribution is 7.12. The summed E-state index contributed by atoms with van der Waals surface area (Å²) in [6, 6.07) is 1.25. The lowest BCUT2D eigenvalue weighted by Gasteiger charge is -2.22. The molecule has 1 saturated heterocycles. The van der Waals surface area contributed by atoms with Crippen LogP contribution in [-0.2, 0) is 4.79 Å². The molecule has 4 N–H and O–H groups in total. The van der Waals surface area contributed by atoms with E-state index in [1.165, 1.54) is 11.3 Å². The van der Waals surface area contributed by atoms with Crippen LogP contribution in [0.3, 0.4) is 0 Å². The van der Waals surface area contributed by atoms with Crippen molar-refractivity contribution in [3.05, 3.63) is 16.3 Å². The van der Waals surface area contributed by atoms with Crippen molar-refractivity contribution in [2.75, 3.05) is 12.3 Å². The number of hydrogen-bond donors (Lipinski definition) is 3. The van der Waals surface area contributed by atoms with Gasteiger partial charge >= 0.3 is 0 Å². The lowest BCUT2D eigenvalue weighted by atomic mass is 10.1. The van der Waals surface area contributed by atoms with E-state index in [9.17, 15) is 9.59 Å². The fraction of sp³-hybridized carbons (Fsp3) is 0.400. The van der Waals surface area contributed by atoms with E-state index in [2.05, 4.69) is 10.6 Å². The minimum atomic E-state index is -0.428. The number of nitrogens with one attached hydrogen (secondary N) is 2. The Balaban J connectivity index is 2.02. The Morgan fingerprint density at radius 2 is 2.44 bits per heavy atom. The van der Waals surface area contributed by atoms with Gasteiger partial charge < -0.3 is 16.4 Å². The molecule has 2 rings (SSSR count). The molecule has 5 nitrogen and oxygen atoms in total. The SMILES string of the molecule is Nc1ccsc1C(=O)NC1CCCNC1=O. The summed E-state index contributed by atoms with van der Waals surface area (Å²) in [5.41, 5.74) is 6.09. The maximum atomic E-state index is 11.8. The van der Waals surface area contributed by atoms with Gasteiger partial charge in [-0.2, -0.15) is 0 Å². The summed E-state index contributed by atoms with van der Waals surface area (Å²) < 4.78 is 0. The van der Waals surface area contributed by atoms with E-state index in [1.54, 1.807) is 11.4 Å². The number of hydrogen-bond acceptors (Lipinski definition) is 4. The van der Waals surface area contributed by atoms with Gasteiger partial charge in [-0.1, -0.05) is 0 Å². The first-order valence-corrected chi connectivity index (χ1v) is 5.98. The quantitative estimate of drug-likeness (QED) is 0.695. The molecule has 1 aromatic rings. The number of thiophene rings is 1. The summed E-state index contributed by atoms with van der Waals surface area (Å²) >= 11 is 1.28. The fourth-order valence-electron chi connectivity index (χ4n) is 1.64. The van der Waals surface area contributed by atoms with E-state index in [1.807, 2.05) is 0 Å². The van der Waals surface area contributed by atoms with E-state index in [4.69, 9.17) is 5.73 Å². The largest absolute Gasteiger partial charge is 0.397 e. The summed E-state index contributed by atoms with van der Waals surface area (Å²) in [7, 11) is 0. The van der Waals surface area contributed by atoms with Crippen molar-refractivity contribution < 1.29 is 9.59 Å². The van der Waals surface area contributed by atoms with Crippen molar-refractivity contribution in [3.63, 3.8) is 0 Å². The zero-order valence-corrected chi connectivity index (χ0v) is 9.47. The molecule has 1 aliphatic rings. The van der Waals surface area contributed by atoms with Crippen LogP contribution in [-0.4, -0.2) is 24.4 Å². The van der Waals surface area contributed by atoms with Gasteiger partial charge in [0.1, 0.15) is 10.9 Å². The van der Waals surface area contributed by atoms with E-state index in [-0.39, 0.29) is 11.8 Å². The number of amides is 2. The van der Waals surface area contributed by atoms with Crippen LogP contribution in [0.4, 0.5) is 5.69 Å². The molecule has 0 bridgehead atoms. The lowest BCUT2D eigenvalue weighted by Crippen LogP contribution is -2.50. The molecule has 1 fully saturated rings. The molecular weight excluding hydrogens is 226 g/mol. The highest BCUT2D eigenvalue weighted by atomic mass is 32.1. The van der Waals surface area contributed by atoms with Gasteiger partial charge in [0, 0.05) is 6.54 Å². The predicted molar refractivity (Wildman–Crippen MR) is 62.2 cm³/mol. The van der Waals surface area contributed by atoms with Crippen molar-refractivity contribution >= 4 is 28.8 Å². The van der Waals surface area contributed by atoms with Gasteiger partial charge in [-0.3, -0.25) is 9.59 Å². The molecule has 0 radical (unpaired) electrons. The summed E-state index contributed by atoms with van der Waals surface area (Å²) in [6.45, 7) is 0.687. The molecule has 1 aromatic heterocycles. The zero-order valence-electron chi connectivity index (χ0n) is 8.66. The molecule has 1 aliphatic heterocycles. The summed E-state index contributed by atoms with van der Waals surface area (Å²) in [5.74, 6) is -0.385. The number of carbonyl (C=O) groups excluding carboxylic acids is 2. The van der Waals surface area contributed by atoms with Crippen LogP contribution < -0.4 is 16.4 Å². The zero-order chi connectivity index (χ0) is 11.5. The average Bonchev–Trinajstić information content (AvgIpc) is 2.68. The van der Waals surface area contributed by atoms with Crippen molar-refractivity contribution in [2.24, 2.45) is 0 Å². The van der Waals surface area contributed by atoms with E-state index < -0.39 is 6.04 Å². The third kappa shape index (κ3) is 2.16. The molecule has 0 aromatic carbocycles. The van der Waals surface area contributed by atoms with Crippen molar-refractivity contribution in [1.82, 2.24) is 10.6 Å². The Bertz CT molecular complexity index is 416. The molecular formula is C10H13N3O2S. The van der Waals surface area contributed by atoms with Gasteiger partial charge in [0.15, 0.2) is 0 Å². The van der Waals surface area contributed by atoms with Gasteiger partial charge in [0.25, 0.3) is 5.91 Å². The molecule has 2 heterocycles. The molecule has 0 spiro atoms. The Morgan fingerprint density at radius 3 is 3.06 bits per heavy atom. The summed E-state index contributed by atoms with van der Waals surface area (Å²) in [6.07, 6.45) is 1.57. The van der Waals surface area contributed by atoms with Crippen molar-refractivity contribution in [3.8, 4) is 0 Å². The number of rotatable bonds is 2. The molecule has 6 heteroatoms. The first kappa shape index (κ1) is 10.9. The molecule has 0 aliphatic carbocycles. The van der Waals surface area contributed by atoms with E-state index in [0.717, 1.165) is 6.42 Å². The first-order valence-electron chi connectivity index (χ1n) is 5.10. The number of anilines is 1. The van der Waals surface area contributed by atoms with Crippen LogP contribution in [0.25, 0.3) is 0 Å². The molecule has 0 saturated carbocycles. The second kappa shape index (κ2) is 4.52. The van der Waals surface area contributed by atoms with Crippen LogP contribution in [0, 0.1) is 0 Å². The monoisotopic (exact) mass is 239 g/mol. The van der Waals surface area contributed by atoms with Gasteiger partial charge in [0.05, 0.1) is 5.69 Å². The van der Waals surface area contributed by atoms with Gasteiger partial charge in [-0.05, 0) is 24.3 Å². The highest BCUT2D eigenvalue weighted by Crippen LogP contribution is 2.18. The molecule has 16 heavy (non-hydrogen) atoms. The predicted octanol–water partition coefficient (Wildman–Crippen LogP) is 0.339. The minimum absolute atomic E-state index is 0.116. The van der Waals surface area contributed by atoms with Crippen molar-refractivity contribution in [2.45, 2.75) is 18.9 Å². The van der Waals surface area contributed by atoms with E-state index >= 15 is 0 Å². The van der Waals surface area contributed by atoms with Crippen molar-refractivity contribution in [1.29, 1.82) is 0 Å². The number of piperidine rings is 1. The molecule has 86 valence electrons.